The van der Waals surface area contributed by atoms with Crippen LogP contribution in [0.5, 0.6) is 0 Å². The fraction of sp³-hybridized carbons (Fsp3) is 0.917. The zero-order chi connectivity index (χ0) is 26.5. The first-order valence-corrected chi connectivity index (χ1v) is 16.3. The molecule has 1 amide bonds. The number of carboxylic acids is 1. The highest BCUT2D eigenvalue weighted by molar-refractivity contribution is 6.74. The molecular formula is C24H44Cl3NO5Si. The zero-order valence-corrected chi connectivity index (χ0v) is 25.2. The molecule has 0 aromatic carbocycles. The number of halogens is 3. The summed E-state index contributed by atoms with van der Waals surface area (Å²) >= 11 is 18.0. The lowest BCUT2D eigenvalue weighted by Gasteiger charge is -2.43. The molecule has 3 atom stereocenters. The van der Waals surface area contributed by atoms with E-state index in [2.05, 4.69) is 39.2 Å². The molecule has 0 radical (unpaired) electrons. The second kappa shape index (κ2) is 12.4. The smallest absolute Gasteiger partial charge is 0.408 e. The number of amides is 1. The van der Waals surface area contributed by atoms with Gasteiger partial charge in [-0.2, -0.15) is 0 Å². The highest BCUT2D eigenvalue weighted by atomic mass is 35.6. The third-order valence-corrected chi connectivity index (χ3v) is 13.2. The van der Waals surface area contributed by atoms with Crippen LogP contribution in [-0.4, -0.2) is 47.0 Å². The largest absolute Gasteiger partial charge is 0.481 e. The molecule has 1 aliphatic rings. The molecule has 0 bridgehead atoms. The molecule has 0 spiro atoms. The second-order valence-electron chi connectivity index (χ2n) is 11.8. The number of carbonyl (C=O) groups excluding carboxylic acids is 1. The van der Waals surface area contributed by atoms with Gasteiger partial charge in [-0.05, 0) is 50.7 Å². The summed E-state index contributed by atoms with van der Waals surface area (Å²) in [5, 5.41) is 12.5. The van der Waals surface area contributed by atoms with Crippen molar-refractivity contribution in [3.63, 3.8) is 0 Å². The summed E-state index contributed by atoms with van der Waals surface area (Å²) in [7, 11) is -2.27. The average molecular weight is 561 g/mol. The van der Waals surface area contributed by atoms with E-state index in [9.17, 15) is 14.7 Å². The van der Waals surface area contributed by atoms with Crippen molar-refractivity contribution < 1.29 is 23.9 Å². The standard InChI is InChI=1S/C24H44Cl3NO5Si/c1-16(20(29)30)14-19(33-34(7,8)22(2,3)4)18(15-17-12-10-9-11-13-17)28-21(31)32-23(5,6)24(25,26)27/h16-19H,9-15H2,1-8H3,(H,28,31)(H,29,30)/t16-,18+,19+/m1/s1. The number of carboxylic acid groups (broad SMARTS) is 1. The fourth-order valence-corrected chi connectivity index (χ4v) is 5.34. The van der Waals surface area contributed by atoms with Crippen LogP contribution in [0.15, 0.2) is 0 Å². The van der Waals surface area contributed by atoms with E-state index in [1.807, 2.05) is 0 Å². The topological polar surface area (TPSA) is 84.9 Å². The summed E-state index contributed by atoms with van der Waals surface area (Å²) in [6.07, 6.45) is 5.47. The summed E-state index contributed by atoms with van der Waals surface area (Å²) in [6, 6.07) is -0.419. The van der Waals surface area contributed by atoms with E-state index in [0.717, 1.165) is 25.7 Å². The summed E-state index contributed by atoms with van der Waals surface area (Å²) in [5.74, 6) is -1.09. The van der Waals surface area contributed by atoms with Gasteiger partial charge in [0.25, 0.3) is 0 Å². The highest BCUT2D eigenvalue weighted by Crippen LogP contribution is 2.41. The number of aliphatic carboxylic acids is 1. The monoisotopic (exact) mass is 559 g/mol. The van der Waals surface area contributed by atoms with Crippen LogP contribution < -0.4 is 5.32 Å². The molecule has 2 N–H and O–H groups in total. The van der Waals surface area contributed by atoms with E-state index in [1.54, 1.807) is 6.92 Å². The Balaban J connectivity index is 3.25. The van der Waals surface area contributed by atoms with Gasteiger partial charge in [-0.1, -0.05) is 94.6 Å². The number of ether oxygens (including phenoxy) is 1. The van der Waals surface area contributed by atoms with Crippen LogP contribution in [0.1, 0.15) is 86.5 Å². The van der Waals surface area contributed by atoms with Crippen molar-refractivity contribution in [3.8, 4) is 0 Å². The van der Waals surface area contributed by atoms with E-state index >= 15 is 0 Å². The second-order valence-corrected chi connectivity index (χ2v) is 18.8. The highest BCUT2D eigenvalue weighted by Gasteiger charge is 2.46. The van der Waals surface area contributed by atoms with Gasteiger partial charge in [0, 0.05) is 0 Å². The minimum absolute atomic E-state index is 0.0783. The van der Waals surface area contributed by atoms with Crippen LogP contribution in [-0.2, 0) is 14.0 Å². The third-order valence-electron chi connectivity index (χ3n) is 7.35. The SMILES string of the molecule is C[C@H](C[C@H](O[Si](C)(C)C(C)(C)C)[C@H](CC1CCCCC1)NC(=O)OC(C)(C)C(Cl)(Cl)Cl)C(=O)O. The van der Waals surface area contributed by atoms with Crippen molar-refractivity contribution in [2.24, 2.45) is 11.8 Å². The van der Waals surface area contributed by atoms with E-state index in [1.165, 1.54) is 20.3 Å². The maximum atomic E-state index is 13.0. The molecule has 0 heterocycles. The molecule has 0 aliphatic heterocycles. The van der Waals surface area contributed by atoms with E-state index in [-0.39, 0.29) is 11.5 Å². The predicted octanol–water partition coefficient (Wildman–Crippen LogP) is 7.70. The molecule has 1 fully saturated rings. The number of hydrogen-bond donors (Lipinski definition) is 2. The van der Waals surface area contributed by atoms with E-state index < -0.39 is 47.8 Å². The summed E-state index contributed by atoms with van der Waals surface area (Å²) < 4.78 is 10.5. The van der Waals surface area contributed by atoms with Crippen LogP contribution in [0.3, 0.4) is 0 Å². The molecule has 34 heavy (non-hydrogen) atoms. The molecule has 0 aromatic heterocycles. The molecule has 0 aromatic rings. The molecule has 1 aliphatic carbocycles. The van der Waals surface area contributed by atoms with Crippen LogP contribution in [0.4, 0.5) is 4.79 Å². The first-order chi connectivity index (χ1) is 15.3. The maximum absolute atomic E-state index is 13.0. The number of carbonyl (C=O) groups is 2. The lowest BCUT2D eigenvalue weighted by Crippen LogP contribution is -2.54. The van der Waals surface area contributed by atoms with Gasteiger partial charge in [0.05, 0.1) is 18.1 Å². The number of rotatable bonds is 10. The van der Waals surface area contributed by atoms with Crippen LogP contribution in [0.2, 0.25) is 18.1 Å². The molecule has 0 saturated heterocycles. The molecule has 10 heteroatoms. The number of hydrogen-bond acceptors (Lipinski definition) is 4. The Labute approximate surface area is 221 Å². The molecular weight excluding hydrogens is 517 g/mol. The summed E-state index contributed by atoms with van der Waals surface area (Å²) in [6.45, 7) is 15.4. The van der Waals surface area contributed by atoms with Crippen molar-refractivity contribution in [2.45, 2.75) is 126 Å². The molecule has 6 nitrogen and oxygen atoms in total. The van der Waals surface area contributed by atoms with E-state index in [0.29, 0.717) is 12.3 Å². The summed E-state index contributed by atoms with van der Waals surface area (Å²) in [4.78, 5) is 24.7. The summed E-state index contributed by atoms with van der Waals surface area (Å²) in [5.41, 5.74) is -1.36. The predicted molar refractivity (Wildman–Crippen MR) is 142 cm³/mol. The third kappa shape index (κ3) is 9.68. The Kier molecular flexibility index (Phi) is 11.6. The van der Waals surface area contributed by atoms with E-state index in [4.69, 9.17) is 44.0 Å². The van der Waals surface area contributed by atoms with Crippen molar-refractivity contribution in [2.75, 3.05) is 0 Å². The molecule has 0 unspecified atom stereocenters. The van der Waals surface area contributed by atoms with Crippen molar-refractivity contribution in [3.05, 3.63) is 0 Å². The zero-order valence-electron chi connectivity index (χ0n) is 22.0. The molecule has 1 rings (SSSR count). The van der Waals surface area contributed by atoms with Gasteiger partial charge in [-0.3, -0.25) is 4.79 Å². The lowest BCUT2D eigenvalue weighted by atomic mass is 9.82. The van der Waals surface area contributed by atoms with Crippen LogP contribution in [0, 0.1) is 11.8 Å². The Morgan fingerprint density at radius 2 is 1.59 bits per heavy atom. The van der Waals surface area contributed by atoms with Gasteiger partial charge in [-0.15, -0.1) is 0 Å². The van der Waals surface area contributed by atoms with Gasteiger partial charge in [0.1, 0.15) is 0 Å². The van der Waals surface area contributed by atoms with Gasteiger partial charge in [-0.25, -0.2) is 4.79 Å². The Morgan fingerprint density at radius 3 is 2.03 bits per heavy atom. The maximum Gasteiger partial charge on any atom is 0.408 e. The van der Waals surface area contributed by atoms with Crippen LogP contribution >= 0.6 is 34.8 Å². The van der Waals surface area contributed by atoms with Crippen molar-refractivity contribution in [1.82, 2.24) is 5.32 Å². The fourth-order valence-electron chi connectivity index (χ4n) is 3.86. The van der Waals surface area contributed by atoms with Gasteiger partial charge < -0.3 is 19.6 Å². The average Bonchev–Trinajstić information content (AvgIpc) is 2.65. The first-order valence-electron chi connectivity index (χ1n) is 12.2. The van der Waals surface area contributed by atoms with Gasteiger partial charge >= 0.3 is 12.1 Å². The van der Waals surface area contributed by atoms with Crippen molar-refractivity contribution >= 4 is 55.2 Å². The van der Waals surface area contributed by atoms with Gasteiger partial charge in [0.2, 0.25) is 3.79 Å². The normalized spacial score (nSPS) is 19.3. The minimum Gasteiger partial charge on any atom is -0.481 e. The van der Waals surface area contributed by atoms with Crippen molar-refractivity contribution in [1.29, 1.82) is 0 Å². The number of alkyl carbamates (subject to hydrolysis) is 1. The van der Waals surface area contributed by atoms with Gasteiger partial charge in [0.15, 0.2) is 13.9 Å². The van der Waals surface area contributed by atoms with Crippen LogP contribution in [0.25, 0.3) is 0 Å². The number of nitrogens with one attached hydrogen (secondary N) is 1. The Morgan fingerprint density at radius 1 is 1.06 bits per heavy atom. The molecule has 200 valence electrons. The lowest BCUT2D eigenvalue weighted by molar-refractivity contribution is -0.142. The number of alkyl halides is 3. The molecule has 1 saturated carbocycles. The Bertz CT molecular complexity index is 685. The first kappa shape index (κ1) is 31.8. The quantitative estimate of drug-likeness (QED) is 0.211. The minimum atomic E-state index is -2.27. The Hall–Kier alpha value is -0.213.